The van der Waals surface area contributed by atoms with Crippen molar-refractivity contribution in [2.75, 3.05) is 30.5 Å². The molecule has 1 unspecified atom stereocenters. The second kappa shape index (κ2) is 24.8. The third kappa shape index (κ3) is 14.8. The van der Waals surface area contributed by atoms with Crippen LogP contribution in [0.2, 0.25) is 36.3 Å². The first-order valence-corrected chi connectivity index (χ1v) is 33.3. The maximum atomic E-state index is 13.3. The van der Waals surface area contributed by atoms with Gasteiger partial charge in [-0.3, -0.25) is 18.7 Å². The fourth-order valence-corrected chi connectivity index (χ4v) is 14.3. The van der Waals surface area contributed by atoms with Crippen LogP contribution in [0.3, 0.4) is 0 Å². The highest BCUT2D eigenvalue weighted by Crippen LogP contribution is 2.53. The molecule has 2 aliphatic rings. The van der Waals surface area contributed by atoms with Crippen LogP contribution in [0.1, 0.15) is 99.7 Å². The Hall–Kier alpha value is -4.01. The number of carbonyl (C=O) groups is 2. The fourth-order valence-electron chi connectivity index (χ4n) is 7.28. The van der Waals surface area contributed by atoms with Crippen LogP contribution in [0.5, 0.6) is 0 Å². The van der Waals surface area contributed by atoms with Crippen LogP contribution < -0.4 is 22.0 Å². The zero-order valence-electron chi connectivity index (χ0n) is 43.2. The summed E-state index contributed by atoms with van der Waals surface area (Å²) < 4.78 is 28.9. The first-order valence-electron chi connectivity index (χ1n) is 23.9. The van der Waals surface area contributed by atoms with Crippen molar-refractivity contribution < 1.29 is 32.6 Å². The largest absolute Gasteiger partial charge is 0.408 e. The van der Waals surface area contributed by atoms with Crippen molar-refractivity contribution in [3.63, 3.8) is 0 Å². The Kier molecular flexibility index (Phi) is 20.2. The molecule has 0 spiro atoms. The lowest BCUT2D eigenvalue weighted by atomic mass is 10.1. The number of thioether (sulfide) groups is 2. The Labute approximate surface area is 430 Å². The summed E-state index contributed by atoms with van der Waals surface area (Å²) in [6.07, 6.45) is 3.01. The van der Waals surface area contributed by atoms with Crippen LogP contribution >= 0.6 is 31.9 Å². The molecule has 386 valence electrons. The number of nitrogens with one attached hydrogen (secondary N) is 2. The van der Waals surface area contributed by atoms with Crippen molar-refractivity contribution in [2.45, 2.75) is 150 Å². The molecule has 2 aliphatic heterocycles. The quantitative estimate of drug-likeness (QED) is 0.0392. The standard InChI is InChI=1S/C27H39N4O5PSSi.C23H33N3O4SSi/c1-9-20-22(35-37(6)34-18-16-28-5)23(36-39(7,8)27(2,3)4)25(38-20)31-17-15-21(30-26(31)33)29-24(32)19-13-11-10-12-14-19;1-7-16-18(27)19(30-32(5,6)23(2,3)4)21(31-16)26-14-13-17(25-22(26)29)24-20(28)15-11-9-8-10-12-15/h10-15,17,20,22-23,25H,9,16,18H2,1-4,6-8H3,(H,29,30,32,33);8-14,16,18-19,21,27H,7H2,1-6H3,(H,24,25,28,29)/t20-,22-,23-,25-,37?;16-,18-,19-,21-/m11/s1. The Morgan fingerprint density at radius 3 is 1.55 bits per heavy atom. The van der Waals surface area contributed by atoms with E-state index in [2.05, 4.69) is 100 Å². The molecule has 0 radical (unpaired) electrons. The molecule has 4 heterocycles. The molecule has 3 N–H and O–H groups in total. The normalized spacial score (nSPS) is 23.0. The molecular weight excluding hydrogens is 994 g/mol. The molecule has 2 saturated heterocycles. The molecule has 4 aromatic rings. The van der Waals surface area contributed by atoms with Crippen molar-refractivity contribution in [2.24, 2.45) is 0 Å². The summed E-state index contributed by atoms with van der Waals surface area (Å²) in [4.78, 5) is 62.8. The van der Waals surface area contributed by atoms with E-state index in [1.807, 2.05) is 25.7 Å². The van der Waals surface area contributed by atoms with Gasteiger partial charge in [-0.1, -0.05) is 91.8 Å². The summed E-state index contributed by atoms with van der Waals surface area (Å²) >= 11 is 3.19. The van der Waals surface area contributed by atoms with Gasteiger partial charge in [0.2, 0.25) is 6.54 Å². The van der Waals surface area contributed by atoms with Crippen molar-refractivity contribution in [3.8, 4) is 0 Å². The average Bonchev–Trinajstić information content (AvgIpc) is 3.80. The zero-order chi connectivity index (χ0) is 52.5. The van der Waals surface area contributed by atoms with Crippen molar-refractivity contribution in [1.82, 2.24) is 19.1 Å². The predicted molar refractivity (Wildman–Crippen MR) is 292 cm³/mol. The number of nitrogens with zero attached hydrogens (tertiary/aromatic N) is 5. The number of hydrogen-bond acceptors (Lipinski definition) is 13. The van der Waals surface area contributed by atoms with E-state index in [-0.39, 0.29) is 67.4 Å². The second-order valence-electron chi connectivity index (χ2n) is 20.5. The van der Waals surface area contributed by atoms with Gasteiger partial charge < -0.3 is 38.5 Å². The van der Waals surface area contributed by atoms with Crippen LogP contribution in [-0.4, -0.2) is 107 Å². The van der Waals surface area contributed by atoms with E-state index in [0.29, 0.717) is 17.7 Å². The maximum absolute atomic E-state index is 13.3. The van der Waals surface area contributed by atoms with Crippen LogP contribution in [0.15, 0.2) is 94.8 Å². The molecule has 2 aromatic carbocycles. The van der Waals surface area contributed by atoms with E-state index in [1.54, 1.807) is 101 Å². The highest BCUT2D eigenvalue weighted by Gasteiger charge is 2.52. The van der Waals surface area contributed by atoms with Gasteiger partial charge in [0, 0.05) is 40.7 Å². The van der Waals surface area contributed by atoms with Crippen LogP contribution in [0.25, 0.3) is 4.85 Å². The van der Waals surface area contributed by atoms with E-state index in [0.717, 1.165) is 12.8 Å². The highest BCUT2D eigenvalue weighted by atomic mass is 32.2. The molecule has 9 atom stereocenters. The smallest absolute Gasteiger partial charge is 0.350 e. The van der Waals surface area contributed by atoms with Gasteiger partial charge in [-0.2, -0.15) is 9.97 Å². The van der Waals surface area contributed by atoms with E-state index >= 15 is 0 Å². The number of carbonyl (C=O) groups excluding carboxylic acids is 2. The van der Waals surface area contributed by atoms with Gasteiger partial charge >= 0.3 is 11.4 Å². The van der Waals surface area contributed by atoms with Gasteiger partial charge in [0.1, 0.15) is 47.3 Å². The first-order chi connectivity index (χ1) is 33.3. The summed E-state index contributed by atoms with van der Waals surface area (Å²) in [7, 11) is -5.68. The van der Waals surface area contributed by atoms with Crippen molar-refractivity contribution >= 4 is 72.0 Å². The molecule has 0 bridgehead atoms. The number of aliphatic hydroxyl groups excluding tert-OH is 1. The fraction of sp³-hybridized carbons (Fsp3) is 0.540. The van der Waals surface area contributed by atoms with Gasteiger partial charge in [-0.25, -0.2) is 16.2 Å². The summed E-state index contributed by atoms with van der Waals surface area (Å²) in [5, 5.41) is 15.6. The number of amides is 2. The SMILES string of the molecule is CC[C@H]1S[C@@H](n2ccc(NC(=O)c3ccccc3)nc2=O)[C@H](O[Si](C)(C)C(C)(C)C)[C@@H]1O.[C-]#[N+]CCOP(C)O[C@H]1[C@@H](O[Si](C)(C)C(C)(C)C)[C@H](n2ccc(NC(=O)c3ccccc3)nc2=O)S[C@@H]1CC. The van der Waals surface area contributed by atoms with E-state index in [1.165, 1.54) is 4.57 Å². The lowest BCUT2D eigenvalue weighted by molar-refractivity contribution is 0.0246. The molecule has 6 rings (SSSR count). The topological polar surface area (TPSA) is 189 Å². The van der Waals surface area contributed by atoms with Crippen LogP contribution in [-0.2, 0) is 17.9 Å². The minimum absolute atomic E-state index is 0.0268. The molecule has 21 heteroatoms. The molecular formula is C50H72N7O9PS2Si2. The van der Waals surface area contributed by atoms with Gasteiger partial charge in [0.05, 0.1) is 6.10 Å². The highest BCUT2D eigenvalue weighted by molar-refractivity contribution is 8.00. The maximum Gasteiger partial charge on any atom is 0.350 e. The molecule has 71 heavy (non-hydrogen) atoms. The molecule has 16 nitrogen and oxygen atoms in total. The van der Waals surface area contributed by atoms with E-state index in [4.69, 9.17) is 24.5 Å². The molecule has 2 amide bonds. The summed E-state index contributed by atoms with van der Waals surface area (Å²) in [5.74, 6) is -0.271. The minimum Gasteiger partial charge on any atom is -0.408 e. The number of hydrogen-bond donors (Lipinski definition) is 3. The Balaban J connectivity index is 0.000000269. The lowest BCUT2D eigenvalue weighted by Gasteiger charge is -2.41. The molecule has 0 saturated carbocycles. The number of aromatic nitrogens is 4. The number of aliphatic hydroxyl groups is 1. The number of rotatable bonds is 17. The first kappa shape index (κ1) is 57.9. The molecule has 0 aliphatic carbocycles. The Morgan fingerprint density at radius 1 is 0.718 bits per heavy atom. The molecule has 2 aromatic heterocycles. The second-order valence-corrected chi connectivity index (χ2v) is 34.1. The van der Waals surface area contributed by atoms with E-state index in [9.17, 15) is 24.3 Å². The van der Waals surface area contributed by atoms with Gasteiger partial charge in [-0.05, 0) is 85.5 Å². The average molecular weight is 1070 g/mol. The minimum atomic E-state index is -2.26. The third-order valence-electron chi connectivity index (χ3n) is 13.4. The zero-order valence-corrected chi connectivity index (χ0v) is 47.8. The monoisotopic (exact) mass is 1070 g/mol. The number of anilines is 2. The lowest BCUT2D eigenvalue weighted by Crippen LogP contribution is -2.49. The Morgan fingerprint density at radius 2 is 1.14 bits per heavy atom. The van der Waals surface area contributed by atoms with Crippen molar-refractivity contribution in [1.29, 1.82) is 0 Å². The predicted octanol–water partition coefficient (Wildman–Crippen LogP) is 10.4. The summed E-state index contributed by atoms with van der Waals surface area (Å²) in [5.41, 5.74) is 0.0191. The number of benzene rings is 2. The molecule has 2 fully saturated rings. The van der Waals surface area contributed by atoms with Crippen LogP contribution in [0, 0.1) is 6.57 Å². The van der Waals surface area contributed by atoms with E-state index < -0.39 is 54.7 Å². The van der Waals surface area contributed by atoms with Crippen LogP contribution in [0.4, 0.5) is 11.6 Å². The Bertz CT molecular complexity index is 2570. The summed E-state index contributed by atoms with van der Waals surface area (Å²) in [6.45, 7) is 35.3. The summed E-state index contributed by atoms with van der Waals surface area (Å²) in [6, 6.07) is 20.8. The van der Waals surface area contributed by atoms with Crippen molar-refractivity contribution in [3.05, 3.63) is 129 Å². The van der Waals surface area contributed by atoms with Gasteiger partial charge in [-0.15, -0.1) is 23.5 Å². The van der Waals surface area contributed by atoms with Gasteiger partial charge in [0.15, 0.2) is 25.0 Å². The van der Waals surface area contributed by atoms with Gasteiger partial charge in [0.25, 0.3) is 11.8 Å². The third-order valence-corrected chi connectivity index (χ3v) is 26.9.